The first kappa shape index (κ1) is 35.7. The Bertz CT molecular complexity index is 3380. The second-order valence-electron chi connectivity index (χ2n) is 14.7. The maximum absolute atomic E-state index is 14.9. The first-order chi connectivity index (χ1) is 27.7. The lowest BCUT2D eigenvalue weighted by molar-refractivity contribution is -0.138. The second-order valence-corrected chi connectivity index (χ2v) is 14.7. The van der Waals surface area contributed by atoms with Crippen molar-refractivity contribution in [3.63, 3.8) is 0 Å². The van der Waals surface area contributed by atoms with Gasteiger partial charge in [-0.3, -0.25) is 23.5 Å². The topological polar surface area (TPSA) is 110 Å². The fourth-order valence-corrected chi connectivity index (χ4v) is 8.81. The number of H-pyrrole nitrogens is 1. The van der Waals surface area contributed by atoms with Gasteiger partial charge in [0.05, 0.1) is 49.4 Å². The smallest absolute Gasteiger partial charge is 0.416 e. The summed E-state index contributed by atoms with van der Waals surface area (Å²) in [5, 5.41) is 14.5. The number of nitrogens with zero attached hydrogens (tertiary/aromatic N) is 3. The van der Waals surface area contributed by atoms with E-state index >= 15 is 0 Å². The number of rotatable bonds is 6. The van der Waals surface area contributed by atoms with Gasteiger partial charge in [-0.2, -0.15) is 26.3 Å². The van der Waals surface area contributed by atoms with E-state index < -0.39 is 46.0 Å². The summed E-state index contributed by atoms with van der Waals surface area (Å²) in [6.07, 6.45) is -4.06. The number of hydrogen-bond acceptors (Lipinski definition) is 5. The number of fused-ring (bicyclic) bond motifs is 10. The molecule has 10 rings (SSSR count). The van der Waals surface area contributed by atoms with Crippen molar-refractivity contribution in [1.82, 2.24) is 19.1 Å². The van der Waals surface area contributed by atoms with Gasteiger partial charge in [0.25, 0.3) is 16.7 Å². The molecule has 9 aromatic rings. The minimum Gasteiger partial charge on any atom is -0.494 e. The van der Waals surface area contributed by atoms with Gasteiger partial charge in [0, 0.05) is 45.5 Å². The molecule has 4 aromatic heterocycles. The summed E-state index contributed by atoms with van der Waals surface area (Å²) in [6, 6.07) is 16.2. The van der Waals surface area contributed by atoms with Crippen molar-refractivity contribution < 1.29 is 31.4 Å². The normalized spacial score (nSPS) is 13.7. The summed E-state index contributed by atoms with van der Waals surface area (Å²) >= 11 is 0. The molecule has 1 aliphatic carbocycles. The Balaban J connectivity index is 1.29. The number of halogens is 6. The van der Waals surface area contributed by atoms with E-state index in [2.05, 4.69) is 4.98 Å². The summed E-state index contributed by atoms with van der Waals surface area (Å²) in [7, 11) is 0. The molecule has 290 valence electrons. The highest BCUT2D eigenvalue weighted by atomic mass is 19.4. The monoisotopic (exact) mass is 790 g/mol. The molecule has 1 aliphatic rings. The van der Waals surface area contributed by atoms with E-state index in [9.17, 15) is 45.8 Å². The second kappa shape index (κ2) is 12.4. The number of aromatic nitrogens is 4. The molecule has 58 heavy (non-hydrogen) atoms. The number of allylic oxidation sites excluding steroid dienone is 1. The zero-order valence-electron chi connectivity index (χ0n) is 30.1. The molecule has 8 nitrogen and oxygen atoms in total. The van der Waals surface area contributed by atoms with Crippen molar-refractivity contribution in [1.29, 1.82) is 0 Å². The minimum absolute atomic E-state index is 0.0598. The van der Waals surface area contributed by atoms with Crippen LogP contribution < -0.4 is 16.7 Å². The number of aryl methyl sites for hydroxylation is 3. The van der Waals surface area contributed by atoms with Crippen LogP contribution in [0.2, 0.25) is 0 Å². The van der Waals surface area contributed by atoms with E-state index in [-0.39, 0.29) is 69.3 Å². The molecule has 0 aliphatic heterocycles. The summed E-state index contributed by atoms with van der Waals surface area (Å²) in [6.45, 7) is -0.289. The van der Waals surface area contributed by atoms with Gasteiger partial charge in [0.1, 0.15) is 0 Å². The van der Waals surface area contributed by atoms with Gasteiger partial charge in [-0.1, -0.05) is 48.5 Å². The van der Waals surface area contributed by atoms with Crippen molar-refractivity contribution in [2.24, 2.45) is 0 Å². The third-order valence-electron chi connectivity index (χ3n) is 11.5. The molecule has 0 bridgehead atoms. The number of aromatic amines is 1. The lowest BCUT2D eigenvalue weighted by Gasteiger charge is -2.19. The van der Waals surface area contributed by atoms with Crippen LogP contribution in [0, 0.1) is 0 Å². The zero-order valence-corrected chi connectivity index (χ0v) is 30.1. The Kier molecular flexibility index (Phi) is 7.63. The Hall–Kier alpha value is -6.70. The molecule has 0 amide bonds. The van der Waals surface area contributed by atoms with Gasteiger partial charge in [0.15, 0.2) is 0 Å². The lowest BCUT2D eigenvalue weighted by atomic mass is 9.88. The minimum atomic E-state index is -4.53. The maximum Gasteiger partial charge on any atom is 0.416 e. The van der Waals surface area contributed by atoms with Crippen molar-refractivity contribution in [2.45, 2.75) is 51.1 Å². The zero-order chi connectivity index (χ0) is 40.4. The number of hydrogen-bond donors (Lipinski definition) is 2. The predicted molar refractivity (Wildman–Crippen MR) is 210 cm³/mol. The van der Waals surface area contributed by atoms with Gasteiger partial charge in [0.2, 0.25) is 5.88 Å². The molecule has 0 spiro atoms. The first-order valence-corrected chi connectivity index (χ1v) is 18.5. The number of nitrogens with one attached hydrogen (secondary N) is 1. The number of alkyl halides is 6. The molecule has 0 fully saturated rings. The SMILES string of the molecule is O=c1c2c3c4ccccc4[nH]c3c3c(=O)n(CCc4ccc(C(F)(F)F)cc4)c(=O)c4c5c6c(nc5c(c(O)n1CCc1ccc(C(F)(F)F)cc1)c2c34)C=CCC6. The number of benzene rings is 5. The van der Waals surface area contributed by atoms with Gasteiger partial charge in [-0.15, -0.1) is 0 Å². The van der Waals surface area contributed by atoms with Crippen LogP contribution in [0.15, 0.2) is 93.3 Å². The molecule has 14 heteroatoms. The van der Waals surface area contributed by atoms with E-state index in [1.54, 1.807) is 24.3 Å². The molecular weight excluding hydrogens is 762 g/mol. The van der Waals surface area contributed by atoms with Crippen molar-refractivity contribution in [2.75, 3.05) is 0 Å². The standard InChI is InChI=1S/C44H28F6N4O4/c45-43(46,47)23-13-9-21(10-14-23)17-19-53-39(55)33-29-25-5-1-3-7-27(25)51-37(29)35-32-31(33)36(42(53)58)38-30(26-6-2-4-8-28(26)52-38)34(32)40(56)54(41(35)57)20-18-22-11-15-24(16-12-22)44(48,49)50/h1,3-5,7-16,51,58H,2,6,17-20H2. The average molecular weight is 791 g/mol. The van der Waals surface area contributed by atoms with Crippen LogP contribution in [0.1, 0.15) is 39.9 Å². The van der Waals surface area contributed by atoms with E-state index in [1.165, 1.54) is 28.8 Å². The lowest BCUT2D eigenvalue weighted by Crippen LogP contribution is -2.34. The third-order valence-corrected chi connectivity index (χ3v) is 11.5. The van der Waals surface area contributed by atoms with Crippen LogP contribution >= 0.6 is 0 Å². The summed E-state index contributed by atoms with van der Waals surface area (Å²) in [5.41, 5.74) is -0.238. The van der Waals surface area contributed by atoms with Crippen LogP contribution in [0.25, 0.3) is 71.1 Å². The van der Waals surface area contributed by atoms with E-state index in [0.29, 0.717) is 51.3 Å². The largest absolute Gasteiger partial charge is 0.494 e. The van der Waals surface area contributed by atoms with Crippen LogP contribution in [0.5, 0.6) is 5.88 Å². The summed E-state index contributed by atoms with van der Waals surface area (Å²) < 4.78 is 82.1. The first-order valence-electron chi connectivity index (χ1n) is 18.5. The number of aromatic hydroxyl groups is 1. The summed E-state index contributed by atoms with van der Waals surface area (Å²) in [4.78, 5) is 52.9. The molecule has 5 aromatic carbocycles. The quantitative estimate of drug-likeness (QED) is 0.129. The number of pyridine rings is 2. The highest BCUT2D eigenvalue weighted by molar-refractivity contribution is 6.42. The molecule has 0 saturated heterocycles. The molecule has 0 atom stereocenters. The van der Waals surface area contributed by atoms with Crippen molar-refractivity contribution >= 4 is 71.1 Å². The molecule has 0 unspecified atom stereocenters. The average Bonchev–Trinajstić information content (AvgIpc) is 3.77. The third kappa shape index (κ3) is 5.16. The van der Waals surface area contributed by atoms with Crippen LogP contribution in [0.4, 0.5) is 26.3 Å². The van der Waals surface area contributed by atoms with Gasteiger partial charge < -0.3 is 10.1 Å². The highest BCUT2D eigenvalue weighted by Gasteiger charge is 2.33. The van der Waals surface area contributed by atoms with E-state index in [4.69, 9.17) is 4.98 Å². The van der Waals surface area contributed by atoms with Crippen LogP contribution in [-0.4, -0.2) is 24.2 Å². The molecule has 2 N–H and O–H groups in total. The van der Waals surface area contributed by atoms with Gasteiger partial charge >= 0.3 is 12.4 Å². The summed E-state index contributed by atoms with van der Waals surface area (Å²) in [5.74, 6) is -0.463. The molecular formula is C44H28F6N4O4. The Morgan fingerprint density at radius 2 is 1.19 bits per heavy atom. The Morgan fingerprint density at radius 3 is 1.83 bits per heavy atom. The fraction of sp³-hybridized carbons (Fsp3) is 0.182. The predicted octanol–water partition coefficient (Wildman–Crippen LogP) is 9.08. The van der Waals surface area contributed by atoms with Crippen molar-refractivity contribution in [3.8, 4) is 5.88 Å². The Morgan fingerprint density at radius 1 is 0.638 bits per heavy atom. The van der Waals surface area contributed by atoms with E-state index in [0.717, 1.165) is 34.4 Å². The maximum atomic E-state index is 14.9. The Labute approximate surface area is 321 Å². The molecule has 0 radical (unpaired) electrons. The molecule has 0 saturated carbocycles. The van der Waals surface area contributed by atoms with Crippen LogP contribution in [0.3, 0.4) is 0 Å². The van der Waals surface area contributed by atoms with Gasteiger partial charge in [-0.05, 0) is 78.8 Å². The van der Waals surface area contributed by atoms with Crippen molar-refractivity contribution in [3.05, 3.63) is 143 Å². The van der Waals surface area contributed by atoms with E-state index in [1.807, 2.05) is 12.2 Å². The fourth-order valence-electron chi connectivity index (χ4n) is 8.81. The number of para-hydroxylation sites is 1. The van der Waals surface area contributed by atoms with Crippen LogP contribution in [-0.2, 0) is 44.7 Å². The van der Waals surface area contributed by atoms with Gasteiger partial charge in [-0.25, -0.2) is 4.98 Å². The highest BCUT2D eigenvalue weighted by Crippen LogP contribution is 2.47. The molecule has 4 heterocycles.